The fourth-order valence-electron chi connectivity index (χ4n) is 3.06. The summed E-state index contributed by atoms with van der Waals surface area (Å²) in [4.78, 5) is 0. The van der Waals surface area contributed by atoms with Gasteiger partial charge < -0.3 is 4.12 Å². The molecule has 24 heavy (non-hydrogen) atoms. The zero-order valence-electron chi connectivity index (χ0n) is 13.8. The van der Waals surface area contributed by atoms with Crippen LogP contribution in [-0.2, 0) is 4.12 Å². The summed E-state index contributed by atoms with van der Waals surface area (Å²) in [6.45, 7) is 3.87. The highest BCUT2D eigenvalue weighted by Gasteiger charge is 2.40. The highest BCUT2D eigenvalue weighted by atomic mass is 28.4. The Morgan fingerprint density at radius 1 is 0.708 bits per heavy atom. The molecule has 0 aromatic heterocycles. The topological polar surface area (TPSA) is 9.23 Å². The maximum atomic E-state index is 6.83. The van der Waals surface area contributed by atoms with E-state index in [2.05, 4.69) is 97.6 Å². The zero-order valence-corrected chi connectivity index (χ0v) is 16.2. The molecule has 3 rings (SSSR count). The van der Waals surface area contributed by atoms with Gasteiger partial charge in [0.05, 0.1) is 0 Å². The Hall–Kier alpha value is -2.21. The molecule has 0 heterocycles. The minimum absolute atomic E-state index is 0.681. The lowest BCUT2D eigenvalue weighted by atomic mass is 10.3. The van der Waals surface area contributed by atoms with Gasteiger partial charge in [0.25, 0.3) is 8.32 Å². The van der Waals surface area contributed by atoms with Crippen LogP contribution >= 0.6 is 0 Å². The van der Waals surface area contributed by atoms with Crippen molar-refractivity contribution in [1.29, 1.82) is 0 Å². The molecule has 0 saturated carbocycles. The summed E-state index contributed by atoms with van der Waals surface area (Å²) in [6, 6.07) is 33.2. The quantitative estimate of drug-likeness (QED) is 0.276. The first-order valence-electron chi connectivity index (χ1n) is 8.29. The predicted molar refractivity (Wildman–Crippen MR) is 109 cm³/mol. The van der Waals surface area contributed by atoms with Gasteiger partial charge in [-0.3, -0.25) is 0 Å². The van der Waals surface area contributed by atoms with Gasteiger partial charge in [-0.25, -0.2) is 0 Å². The monoisotopic (exact) mass is 346 g/mol. The molecule has 0 aliphatic carbocycles. The first-order valence-corrected chi connectivity index (χ1v) is 11.8. The van der Waals surface area contributed by atoms with E-state index in [0.717, 1.165) is 6.04 Å². The molecule has 0 bridgehead atoms. The molecular formula is C21H22OSi2. The molecule has 120 valence electrons. The van der Waals surface area contributed by atoms with Crippen molar-refractivity contribution in [3.8, 4) is 0 Å². The van der Waals surface area contributed by atoms with Gasteiger partial charge >= 0.3 is 0 Å². The molecule has 0 radical (unpaired) electrons. The molecule has 3 heteroatoms. The molecular weight excluding hydrogens is 324 g/mol. The molecule has 0 atom stereocenters. The molecule has 0 N–H and O–H groups in total. The lowest BCUT2D eigenvalue weighted by molar-refractivity contribution is 0.621. The Kier molecular flexibility index (Phi) is 5.59. The van der Waals surface area contributed by atoms with Crippen LogP contribution in [0.3, 0.4) is 0 Å². The Labute approximate surface area is 147 Å². The average molecular weight is 347 g/mol. The van der Waals surface area contributed by atoms with E-state index in [1.807, 2.05) is 6.08 Å². The third-order valence-electron chi connectivity index (χ3n) is 4.18. The maximum Gasteiger partial charge on any atom is 0.277 e. The highest BCUT2D eigenvalue weighted by Crippen LogP contribution is 2.09. The van der Waals surface area contributed by atoms with Gasteiger partial charge in [0.15, 0.2) is 9.76 Å². The summed E-state index contributed by atoms with van der Waals surface area (Å²) in [7, 11) is -3.13. The van der Waals surface area contributed by atoms with Crippen molar-refractivity contribution >= 4 is 33.6 Å². The number of hydrogen-bond acceptors (Lipinski definition) is 1. The Bertz CT molecular complexity index is 661. The van der Waals surface area contributed by atoms with Crippen molar-refractivity contribution in [3.63, 3.8) is 0 Å². The summed E-state index contributed by atoms with van der Waals surface area (Å²) in [5.41, 5.74) is 0. The van der Waals surface area contributed by atoms with Crippen LogP contribution in [0.15, 0.2) is 104 Å². The highest BCUT2D eigenvalue weighted by molar-refractivity contribution is 7.08. The van der Waals surface area contributed by atoms with E-state index < -0.39 is 18.1 Å². The average Bonchev–Trinajstić information content (AvgIpc) is 2.68. The number of rotatable bonds is 7. The number of benzene rings is 3. The third-order valence-corrected chi connectivity index (χ3v) is 10.8. The van der Waals surface area contributed by atoms with Crippen LogP contribution in [0.4, 0.5) is 0 Å². The molecule has 0 aliphatic heterocycles. The van der Waals surface area contributed by atoms with Gasteiger partial charge in [-0.1, -0.05) is 97.1 Å². The van der Waals surface area contributed by atoms with E-state index in [1.165, 1.54) is 15.6 Å². The standard InChI is InChI=1S/C21H22OSi2/c1-2-18-23-22-24(19-12-6-3-7-13-19,20-14-8-4-9-15-20)21-16-10-5-11-17-21/h2-17H,1,18,23H2. The molecule has 0 spiro atoms. The van der Waals surface area contributed by atoms with E-state index in [4.69, 9.17) is 4.12 Å². The van der Waals surface area contributed by atoms with Gasteiger partial charge in [0, 0.05) is 0 Å². The lowest BCUT2D eigenvalue weighted by Crippen LogP contribution is -2.69. The summed E-state index contributed by atoms with van der Waals surface area (Å²) >= 11 is 0. The van der Waals surface area contributed by atoms with Crippen LogP contribution in [0, 0.1) is 0 Å². The fraction of sp³-hybridized carbons (Fsp3) is 0.0476. The third kappa shape index (κ3) is 3.33. The summed E-state index contributed by atoms with van der Waals surface area (Å²) in [6.07, 6.45) is 1.98. The Morgan fingerprint density at radius 3 is 1.42 bits per heavy atom. The van der Waals surface area contributed by atoms with Crippen molar-refractivity contribution in [1.82, 2.24) is 0 Å². The second-order valence-corrected chi connectivity index (χ2v) is 10.9. The van der Waals surface area contributed by atoms with Gasteiger partial charge in [-0.15, -0.1) is 6.58 Å². The van der Waals surface area contributed by atoms with Gasteiger partial charge in [-0.2, -0.15) is 0 Å². The molecule has 0 unspecified atom stereocenters. The van der Waals surface area contributed by atoms with Crippen molar-refractivity contribution in [2.45, 2.75) is 6.04 Å². The summed E-state index contributed by atoms with van der Waals surface area (Å²) in [5.74, 6) is 0. The van der Waals surface area contributed by atoms with Gasteiger partial charge in [-0.05, 0) is 21.6 Å². The molecule has 0 aliphatic rings. The molecule has 0 fully saturated rings. The van der Waals surface area contributed by atoms with E-state index in [9.17, 15) is 0 Å². The van der Waals surface area contributed by atoms with E-state index in [1.54, 1.807) is 0 Å². The SMILES string of the molecule is C=CC[SiH2]O[Si](c1ccccc1)(c1ccccc1)c1ccccc1. The molecule has 0 saturated heterocycles. The van der Waals surface area contributed by atoms with Crippen molar-refractivity contribution in [3.05, 3.63) is 104 Å². The lowest BCUT2D eigenvalue weighted by Gasteiger charge is -2.33. The van der Waals surface area contributed by atoms with Crippen LogP contribution in [0.1, 0.15) is 0 Å². The predicted octanol–water partition coefficient (Wildman–Crippen LogP) is 2.36. The van der Waals surface area contributed by atoms with Crippen molar-refractivity contribution in [2.24, 2.45) is 0 Å². The molecule has 3 aromatic rings. The van der Waals surface area contributed by atoms with E-state index in [0.29, 0.717) is 0 Å². The van der Waals surface area contributed by atoms with Crippen molar-refractivity contribution < 1.29 is 4.12 Å². The smallest absolute Gasteiger partial charge is 0.277 e. The summed E-state index contributed by atoms with van der Waals surface area (Å²) < 4.78 is 6.83. The van der Waals surface area contributed by atoms with Crippen LogP contribution in [0.5, 0.6) is 0 Å². The second-order valence-electron chi connectivity index (χ2n) is 5.71. The number of allylic oxidation sites excluding steroid dienone is 1. The summed E-state index contributed by atoms with van der Waals surface area (Å²) in [5, 5.41) is 3.91. The Balaban J connectivity index is 2.22. The first kappa shape index (κ1) is 16.6. The maximum absolute atomic E-state index is 6.83. The normalized spacial score (nSPS) is 11.7. The minimum atomic E-state index is -2.45. The first-order chi connectivity index (χ1) is 11.9. The molecule has 3 aromatic carbocycles. The van der Waals surface area contributed by atoms with Crippen LogP contribution in [-0.4, -0.2) is 18.1 Å². The molecule has 1 nitrogen and oxygen atoms in total. The van der Waals surface area contributed by atoms with E-state index >= 15 is 0 Å². The van der Waals surface area contributed by atoms with Crippen LogP contribution < -0.4 is 15.6 Å². The largest absolute Gasteiger partial charge is 0.451 e. The fourth-order valence-corrected chi connectivity index (χ4v) is 9.91. The van der Waals surface area contributed by atoms with Crippen LogP contribution in [0.2, 0.25) is 6.04 Å². The number of hydrogen-bond donors (Lipinski definition) is 0. The zero-order chi connectivity index (χ0) is 16.7. The molecule has 0 amide bonds. The van der Waals surface area contributed by atoms with Gasteiger partial charge in [0.2, 0.25) is 0 Å². The van der Waals surface area contributed by atoms with Gasteiger partial charge in [0.1, 0.15) is 0 Å². The van der Waals surface area contributed by atoms with Crippen LogP contribution in [0.25, 0.3) is 0 Å². The Morgan fingerprint density at radius 2 is 1.08 bits per heavy atom. The minimum Gasteiger partial charge on any atom is -0.451 e. The van der Waals surface area contributed by atoms with E-state index in [-0.39, 0.29) is 0 Å². The second kappa shape index (κ2) is 8.06. The van der Waals surface area contributed by atoms with Crippen molar-refractivity contribution in [2.75, 3.05) is 0 Å².